The van der Waals surface area contributed by atoms with E-state index in [0.717, 1.165) is 31.2 Å². The van der Waals surface area contributed by atoms with Gasteiger partial charge in [0.1, 0.15) is 0 Å². The van der Waals surface area contributed by atoms with E-state index in [2.05, 4.69) is 18.0 Å². The SMILES string of the molecule is CCCCOC(=O)c1ccc2c3c([nH]c2c1)CCCC3. The number of rotatable bonds is 4. The molecule has 1 aromatic carbocycles. The van der Waals surface area contributed by atoms with Gasteiger partial charge in [-0.25, -0.2) is 4.79 Å². The van der Waals surface area contributed by atoms with Crippen LogP contribution in [0.25, 0.3) is 10.9 Å². The fourth-order valence-corrected chi connectivity index (χ4v) is 2.93. The summed E-state index contributed by atoms with van der Waals surface area (Å²) < 4.78 is 5.27. The number of aryl methyl sites for hydroxylation is 2. The number of benzene rings is 1. The van der Waals surface area contributed by atoms with Crippen molar-refractivity contribution in [2.24, 2.45) is 0 Å². The Hall–Kier alpha value is -1.77. The highest BCUT2D eigenvalue weighted by Gasteiger charge is 2.16. The van der Waals surface area contributed by atoms with E-state index in [9.17, 15) is 4.79 Å². The molecule has 0 radical (unpaired) electrons. The first-order chi connectivity index (χ1) is 9.79. The molecule has 0 fully saturated rings. The molecule has 0 saturated carbocycles. The van der Waals surface area contributed by atoms with Crippen molar-refractivity contribution in [3.05, 3.63) is 35.0 Å². The number of esters is 1. The topological polar surface area (TPSA) is 42.1 Å². The lowest BCUT2D eigenvalue weighted by atomic mass is 9.95. The van der Waals surface area contributed by atoms with Gasteiger partial charge >= 0.3 is 5.97 Å². The minimum atomic E-state index is -0.215. The summed E-state index contributed by atoms with van der Waals surface area (Å²) in [5.41, 5.74) is 4.51. The molecule has 0 saturated heterocycles. The van der Waals surface area contributed by atoms with Gasteiger partial charge in [0.15, 0.2) is 0 Å². The van der Waals surface area contributed by atoms with Crippen molar-refractivity contribution in [1.29, 1.82) is 0 Å². The van der Waals surface area contributed by atoms with Gasteiger partial charge in [-0.15, -0.1) is 0 Å². The van der Waals surface area contributed by atoms with Crippen molar-refractivity contribution < 1.29 is 9.53 Å². The Labute approximate surface area is 119 Å². The molecule has 3 nitrogen and oxygen atoms in total. The molecule has 20 heavy (non-hydrogen) atoms. The molecule has 1 heterocycles. The molecule has 106 valence electrons. The zero-order valence-electron chi connectivity index (χ0n) is 12.0. The standard InChI is InChI=1S/C17H21NO2/c1-2-3-10-20-17(19)12-8-9-14-13-6-4-5-7-15(13)18-16(14)11-12/h8-9,11,18H,2-7,10H2,1H3. The number of hydrogen-bond acceptors (Lipinski definition) is 2. The molecule has 0 bridgehead atoms. The molecule has 1 N–H and O–H groups in total. The van der Waals surface area contributed by atoms with Crippen molar-refractivity contribution in [1.82, 2.24) is 4.98 Å². The summed E-state index contributed by atoms with van der Waals surface area (Å²) in [5, 5.41) is 1.27. The summed E-state index contributed by atoms with van der Waals surface area (Å²) in [6.45, 7) is 2.60. The van der Waals surface area contributed by atoms with Crippen molar-refractivity contribution in [2.75, 3.05) is 6.61 Å². The van der Waals surface area contributed by atoms with Crippen molar-refractivity contribution in [2.45, 2.75) is 45.4 Å². The molecule has 3 rings (SSSR count). The lowest BCUT2D eigenvalue weighted by Crippen LogP contribution is -2.06. The summed E-state index contributed by atoms with van der Waals surface area (Å²) in [7, 11) is 0. The third-order valence-electron chi connectivity index (χ3n) is 4.06. The second kappa shape index (κ2) is 5.70. The number of aromatic amines is 1. The number of fused-ring (bicyclic) bond motifs is 3. The highest BCUT2D eigenvalue weighted by Crippen LogP contribution is 2.29. The minimum Gasteiger partial charge on any atom is -0.462 e. The summed E-state index contributed by atoms with van der Waals surface area (Å²) >= 11 is 0. The Morgan fingerprint density at radius 3 is 3.00 bits per heavy atom. The van der Waals surface area contributed by atoms with Gasteiger partial charge in [-0.2, -0.15) is 0 Å². The van der Waals surface area contributed by atoms with Crippen LogP contribution >= 0.6 is 0 Å². The van der Waals surface area contributed by atoms with Gasteiger partial charge in [0, 0.05) is 16.6 Å². The third-order valence-corrected chi connectivity index (χ3v) is 4.06. The van der Waals surface area contributed by atoms with Crippen LogP contribution in [0.4, 0.5) is 0 Å². The smallest absolute Gasteiger partial charge is 0.338 e. The zero-order valence-corrected chi connectivity index (χ0v) is 12.0. The summed E-state index contributed by atoms with van der Waals surface area (Å²) in [4.78, 5) is 15.4. The van der Waals surface area contributed by atoms with E-state index in [0.29, 0.717) is 12.2 Å². The molecule has 1 aliphatic carbocycles. The summed E-state index contributed by atoms with van der Waals surface area (Å²) in [5.74, 6) is -0.215. The molecule has 2 aromatic rings. The number of H-pyrrole nitrogens is 1. The maximum Gasteiger partial charge on any atom is 0.338 e. The average Bonchev–Trinajstić information content (AvgIpc) is 2.85. The van der Waals surface area contributed by atoms with Gasteiger partial charge in [-0.05, 0) is 49.8 Å². The first kappa shape index (κ1) is 13.2. The van der Waals surface area contributed by atoms with Crippen molar-refractivity contribution in [3.8, 4) is 0 Å². The number of aromatic nitrogens is 1. The van der Waals surface area contributed by atoms with Gasteiger partial charge in [-0.3, -0.25) is 0 Å². The fraction of sp³-hybridized carbons (Fsp3) is 0.471. The number of ether oxygens (including phenoxy) is 1. The second-order valence-electron chi connectivity index (χ2n) is 5.54. The quantitative estimate of drug-likeness (QED) is 0.674. The highest BCUT2D eigenvalue weighted by atomic mass is 16.5. The molecular formula is C17H21NO2. The predicted molar refractivity (Wildman–Crippen MR) is 80.1 cm³/mol. The van der Waals surface area contributed by atoms with E-state index in [1.165, 1.54) is 29.5 Å². The number of hydrogen-bond donors (Lipinski definition) is 1. The summed E-state index contributed by atoms with van der Waals surface area (Å²) in [6.07, 6.45) is 6.75. The van der Waals surface area contributed by atoms with Crippen LogP contribution < -0.4 is 0 Å². The number of carbonyl (C=O) groups is 1. The number of unbranched alkanes of at least 4 members (excludes halogenated alkanes) is 1. The fourth-order valence-electron chi connectivity index (χ4n) is 2.93. The normalized spacial score (nSPS) is 14.2. The number of nitrogens with one attached hydrogen (secondary N) is 1. The molecule has 1 aromatic heterocycles. The van der Waals surface area contributed by atoms with Crippen molar-refractivity contribution >= 4 is 16.9 Å². The lowest BCUT2D eigenvalue weighted by molar-refractivity contribution is 0.0500. The Balaban J connectivity index is 1.85. The molecule has 0 atom stereocenters. The van der Waals surface area contributed by atoms with E-state index >= 15 is 0 Å². The molecule has 0 amide bonds. The molecular weight excluding hydrogens is 250 g/mol. The molecule has 1 aliphatic rings. The third kappa shape index (κ3) is 2.45. The van der Waals surface area contributed by atoms with Crippen LogP contribution in [0, 0.1) is 0 Å². The first-order valence-corrected chi connectivity index (χ1v) is 7.60. The molecule has 0 aliphatic heterocycles. The first-order valence-electron chi connectivity index (χ1n) is 7.60. The van der Waals surface area contributed by atoms with Gasteiger partial charge < -0.3 is 9.72 Å². The Morgan fingerprint density at radius 1 is 1.30 bits per heavy atom. The van der Waals surface area contributed by atoms with Crippen LogP contribution in [0.15, 0.2) is 18.2 Å². The van der Waals surface area contributed by atoms with Crippen LogP contribution in [0.1, 0.15) is 54.2 Å². The van der Waals surface area contributed by atoms with Crippen molar-refractivity contribution in [3.63, 3.8) is 0 Å². The Kier molecular flexibility index (Phi) is 3.77. The lowest BCUT2D eigenvalue weighted by Gasteiger charge is -2.10. The Bertz CT molecular complexity index is 627. The Morgan fingerprint density at radius 2 is 2.15 bits per heavy atom. The van der Waals surface area contributed by atoms with E-state index in [1.807, 2.05) is 12.1 Å². The van der Waals surface area contributed by atoms with Gasteiger partial charge in [0.25, 0.3) is 0 Å². The van der Waals surface area contributed by atoms with E-state index in [-0.39, 0.29) is 5.97 Å². The van der Waals surface area contributed by atoms with E-state index in [4.69, 9.17) is 4.74 Å². The van der Waals surface area contributed by atoms with Gasteiger partial charge in [0.2, 0.25) is 0 Å². The minimum absolute atomic E-state index is 0.215. The monoisotopic (exact) mass is 271 g/mol. The maximum absolute atomic E-state index is 12.0. The zero-order chi connectivity index (χ0) is 13.9. The van der Waals surface area contributed by atoms with Crippen LogP contribution in [-0.2, 0) is 17.6 Å². The second-order valence-corrected chi connectivity index (χ2v) is 5.54. The molecule has 0 unspecified atom stereocenters. The summed E-state index contributed by atoms with van der Waals surface area (Å²) in [6, 6.07) is 5.88. The predicted octanol–water partition coefficient (Wildman–Crippen LogP) is 4.00. The maximum atomic E-state index is 12.0. The highest BCUT2D eigenvalue weighted by molar-refractivity contribution is 5.95. The van der Waals surface area contributed by atoms with Gasteiger partial charge in [0.05, 0.1) is 12.2 Å². The van der Waals surface area contributed by atoms with Crippen LogP contribution in [0.3, 0.4) is 0 Å². The number of carbonyl (C=O) groups excluding carboxylic acids is 1. The van der Waals surface area contributed by atoms with E-state index in [1.54, 1.807) is 0 Å². The van der Waals surface area contributed by atoms with Crippen LogP contribution in [0.2, 0.25) is 0 Å². The van der Waals surface area contributed by atoms with Crippen LogP contribution in [0.5, 0.6) is 0 Å². The van der Waals surface area contributed by atoms with Gasteiger partial charge in [-0.1, -0.05) is 19.4 Å². The average molecular weight is 271 g/mol. The molecule has 3 heteroatoms. The molecule has 0 spiro atoms. The largest absolute Gasteiger partial charge is 0.462 e. The van der Waals surface area contributed by atoms with Crippen LogP contribution in [-0.4, -0.2) is 17.6 Å². The van der Waals surface area contributed by atoms with E-state index < -0.39 is 0 Å².